The zero-order valence-electron chi connectivity index (χ0n) is 8.46. The lowest BCUT2D eigenvalue weighted by Gasteiger charge is -2.01. The summed E-state index contributed by atoms with van der Waals surface area (Å²) in [4.78, 5) is 4.51. The highest BCUT2D eigenvalue weighted by Gasteiger charge is 2.01. The molecule has 76 valence electrons. The first-order valence-corrected chi connectivity index (χ1v) is 4.63. The van der Waals surface area contributed by atoms with Crippen LogP contribution in [-0.2, 0) is 11.3 Å². The summed E-state index contributed by atoms with van der Waals surface area (Å²) in [6.45, 7) is 2.03. The Labute approximate surface area is 83.4 Å². The Balaban J connectivity index is 2.83. The summed E-state index contributed by atoms with van der Waals surface area (Å²) >= 11 is 0. The van der Waals surface area contributed by atoms with E-state index in [0.29, 0.717) is 5.56 Å². The Morgan fingerprint density at radius 2 is 2.29 bits per heavy atom. The van der Waals surface area contributed by atoms with E-state index in [-0.39, 0.29) is 5.82 Å². The molecule has 3 heteroatoms. The molecule has 0 spiro atoms. The SMILES string of the molecule is CCCc1ccc(/C=N\OC)cc1F. The smallest absolute Gasteiger partial charge is 0.127 e. The van der Waals surface area contributed by atoms with Crippen molar-refractivity contribution in [2.75, 3.05) is 7.11 Å². The van der Waals surface area contributed by atoms with Crippen molar-refractivity contribution in [1.82, 2.24) is 0 Å². The van der Waals surface area contributed by atoms with Crippen LogP contribution in [0, 0.1) is 5.82 Å². The summed E-state index contributed by atoms with van der Waals surface area (Å²) in [5.41, 5.74) is 1.46. The van der Waals surface area contributed by atoms with Crippen LogP contribution in [0.3, 0.4) is 0 Å². The van der Waals surface area contributed by atoms with Crippen LogP contribution in [0.4, 0.5) is 4.39 Å². The Morgan fingerprint density at radius 3 is 2.86 bits per heavy atom. The van der Waals surface area contributed by atoms with Gasteiger partial charge in [-0.2, -0.15) is 0 Å². The van der Waals surface area contributed by atoms with Crippen molar-refractivity contribution in [1.29, 1.82) is 0 Å². The standard InChI is InChI=1S/C11H14FNO/c1-3-4-10-6-5-9(7-11(10)12)8-13-14-2/h5-8H,3-4H2,1-2H3/b13-8-. The lowest BCUT2D eigenvalue weighted by atomic mass is 10.1. The summed E-state index contributed by atoms with van der Waals surface area (Å²) in [5, 5.41) is 3.57. The number of aryl methyl sites for hydroxylation is 1. The van der Waals surface area contributed by atoms with Gasteiger partial charge in [-0.1, -0.05) is 30.6 Å². The maximum absolute atomic E-state index is 13.4. The van der Waals surface area contributed by atoms with Crippen LogP contribution in [0.25, 0.3) is 0 Å². The molecule has 0 N–H and O–H groups in total. The van der Waals surface area contributed by atoms with Crippen LogP contribution >= 0.6 is 0 Å². The number of hydrogen-bond donors (Lipinski definition) is 0. The first kappa shape index (κ1) is 10.7. The zero-order valence-corrected chi connectivity index (χ0v) is 8.46. The number of hydrogen-bond acceptors (Lipinski definition) is 2. The van der Waals surface area contributed by atoms with Crippen LogP contribution in [0.5, 0.6) is 0 Å². The number of nitrogens with zero attached hydrogens (tertiary/aromatic N) is 1. The highest BCUT2D eigenvalue weighted by Crippen LogP contribution is 2.11. The van der Waals surface area contributed by atoms with Crippen molar-refractivity contribution < 1.29 is 9.23 Å². The summed E-state index contributed by atoms with van der Waals surface area (Å²) in [5.74, 6) is -0.174. The molecule has 1 aromatic rings. The first-order valence-electron chi connectivity index (χ1n) is 4.63. The van der Waals surface area contributed by atoms with Crippen LogP contribution in [0.2, 0.25) is 0 Å². The van der Waals surface area contributed by atoms with Gasteiger partial charge in [0.15, 0.2) is 0 Å². The quantitative estimate of drug-likeness (QED) is 0.534. The Bertz CT molecular complexity index is 323. The molecule has 0 saturated carbocycles. The van der Waals surface area contributed by atoms with Crippen LogP contribution < -0.4 is 0 Å². The average molecular weight is 195 g/mol. The Hall–Kier alpha value is -1.38. The highest BCUT2D eigenvalue weighted by atomic mass is 19.1. The molecule has 0 amide bonds. The second-order valence-corrected chi connectivity index (χ2v) is 3.02. The molecule has 1 aromatic carbocycles. The van der Waals surface area contributed by atoms with Crippen LogP contribution in [-0.4, -0.2) is 13.3 Å². The second-order valence-electron chi connectivity index (χ2n) is 3.02. The van der Waals surface area contributed by atoms with Gasteiger partial charge in [-0.3, -0.25) is 0 Å². The molecule has 0 aliphatic rings. The Kier molecular flexibility index (Phi) is 4.11. The molecule has 0 unspecified atom stereocenters. The van der Waals surface area contributed by atoms with Crippen molar-refractivity contribution in [3.63, 3.8) is 0 Å². The fourth-order valence-electron chi connectivity index (χ4n) is 1.23. The summed E-state index contributed by atoms with van der Waals surface area (Å²) < 4.78 is 13.4. The topological polar surface area (TPSA) is 21.6 Å². The third-order valence-electron chi connectivity index (χ3n) is 1.90. The lowest BCUT2D eigenvalue weighted by Crippen LogP contribution is -1.92. The molecule has 0 aliphatic heterocycles. The molecule has 0 atom stereocenters. The molecule has 0 bridgehead atoms. The first-order chi connectivity index (χ1) is 6.77. The number of oxime groups is 1. The van der Waals surface area contributed by atoms with Crippen molar-refractivity contribution in [2.24, 2.45) is 5.16 Å². The van der Waals surface area contributed by atoms with E-state index in [0.717, 1.165) is 18.4 Å². The van der Waals surface area contributed by atoms with Gasteiger partial charge in [0.1, 0.15) is 12.9 Å². The van der Waals surface area contributed by atoms with E-state index in [1.807, 2.05) is 13.0 Å². The summed E-state index contributed by atoms with van der Waals surface area (Å²) in [7, 11) is 1.46. The van der Waals surface area contributed by atoms with Gasteiger partial charge in [0.05, 0.1) is 6.21 Å². The minimum atomic E-state index is -0.174. The van der Waals surface area contributed by atoms with Crippen molar-refractivity contribution in [2.45, 2.75) is 19.8 Å². The van der Waals surface area contributed by atoms with Gasteiger partial charge in [-0.25, -0.2) is 4.39 Å². The molecule has 0 radical (unpaired) electrons. The van der Waals surface area contributed by atoms with Crippen molar-refractivity contribution >= 4 is 6.21 Å². The number of benzene rings is 1. The maximum Gasteiger partial charge on any atom is 0.127 e. The fraction of sp³-hybridized carbons (Fsp3) is 0.364. The van der Waals surface area contributed by atoms with E-state index in [1.165, 1.54) is 19.4 Å². The van der Waals surface area contributed by atoms with Gasteiger partial charge in [0.25, 0.3) is 0 Å². The molecule has 0 saturated heterocycles. The van der Waals surface area contributed by atoms with Gasteiger partial charge in [-0.05, 0) is 23.6 Å². The normalized spacial score (nSPS) is 10.8. The number of rotatable bonds is 4. The number of halogens is 1. The van der Waals surface area contributed by atoms with Crippen LogP contribution in [0.15, 0.2) is 23.4 Å². The molecule has 0 fully saturated rings. The minimum absolute atomic E-state index is 0.174. The van der Waals surface area contributed by atoms with E-state index in [4.69, 9.17) is 0 Å². The summed E-state index contributed by atoms with van der Waals surface area (Å²) in [6.07, 6.45) is 3.20. The van der Waals surface area contributed by atoms with Gasteiger partial charge < -0.3 is 4.84 Å². The van der Waals surface area contributed by atoms with Gasteiger partial charge in [0, 0.05) is 0 Å². The monoisotopic (exact) mass is 195 g/mol. The second kappa shape index (κ2) is 5.37. The predicted molar refractivity (Wildman–Crippen MR) is 55.0 cm³/mol. The zero-order chi connectivity index (χ0) is 10.4. The van der Waals surface area contributed by atoms with E-state index >= 15 is 0 Å². The largest absolute Gasteiger partial charge is 0.399 e. The molecule has 0 heterocycles. The minimum Gasteiger partial charge on any atom is -0.399 e. The van der Waals surface area contributed by atoms with E-state index in [9.17, 15) is 4.39 Å². The van der Waals surface area contributed by atoms with E-state index in [2.05, 4.69) is 9.99 Å². The van der Waals surface area contributed by atoms with Gasteiger partial charge in [-0.15, -0.1) is 0 Å². The highest BCUT2D eigenvalue weighted by molar-refractivity contribution is 5.79. The molecule has 2 nitrogen and oxygen atoms in total. The fourth-order valence-corrected chi connectivity index (χ4v) is 1.23. The van der Waals surface area contributed by atoms with Gasteiger partial charge in [0.2, 0.25) is 0 Å². The van der Waals surface area contributed by atoms with Crippen LogP contribution in [0.1, 0.15) is 24.5 Å². The molecule has 0 aliphatic carbocycles. The molecular weight excluding hydrogens is 181 g/mol. The molecule has 14 heavy (non-hydrogen) atoms. The van der Waals surface area contributed by atoms with E-state index < -0.39 is 0 Å². The predicted octanol–water partition coefficient (Wildman–Crippen LogP) is 2.76. The molecule has 0 aromatic heterocycles. The van der Waals surface area contributed by atoms with Gasteiger partial charge >= 0.3 is 0 Å². The third-order valence-corrected chi connectivity index (χ3v) is 1.90. The van der Waals surface area contributed by atoms with Crippen molar-refractivity contribution in [3.8, 4) is 0 Å². The molecule has 1 rings (SSSR count). The lowest BCUT2D eigenvalue weighted by molar-refractivity contribution is 0.215. The maximum atomic E-state index is 13.4. The Morgan fingerprint density at radius 1 is 1.50 bits per heavy atom. The third kappa shape index (κ3) is 2.83. The molecular formula is C11H14FNO. The van der Waals surface area contributed by atoms with E-state index in [1.54, 1.807) is 6.07 Å². The van der Waals surface area contributed by atoms with Crippen molar-refractivity contribution in [3.05, 3.63) is 35.1 Å². The average Bonchev–Trinajstić information content (AvgIpc) is 2.19. The summed E-state index contributed by atoms with van der Waals surface area (Å²) in [6, 6.07) is 5.08.